The number of halogens is 5. The summed E-state index contributed by atoms with van der Waals surface area (Å²) >= 11 is 0. The van der Waals surface area contributed by atoms with E-state index in [1.54, 1.807) is 0 Å². The lowest BCUT2D eigenvalue weighted by Crippen LogP contribution is -2.48. The molecule has 0 saturated carbocycles. The Morgan fingerprint density at radius 2 is 2.12 bits per heavy atom. The second-order valence-corrected chi connectivity index (χ2v) is 3.43. The van der Waals surface area contributed by atoms with Crippen LogP contribution in [-0.2, 0) is 4.79 Å². The van der Waals surface area contributed by atoms with Crippen molar-refractivity contribution in [3.8, 4) is 0 Å². The fourth-order valence-corrected chi connectivity index (χ4v) is 1.36. The van der Waals surface area contributed by atoms with Gasteiger partial charge in [-0.2, -0.15) is 8.78 Å². The molecule has 0 radical (unpaired) electrons. The molecule has 1 rings (SSSR count). The van der Waals surface area contributed by atoms with E-state index in [0.717, 1.165) is 19.4 Å². The molecule has 1 aliphatic rings. The second kappa shape index (κ2) is 6.24. The summed E-state index contributed by atoms with van der Waals surface area (Å²) in [4.78, 5) is 10.7. The van der Waals surface area contributed by atoms with Gasteiger partial charge in [-0.1, -0.05) is 0 Å². The standard InChI is InChI=1S/C8H12F4N2O.ClH/c9-6(10)8(11,12)7(15)14-4-5-2-1-3-13-5;/h5-6,13H,1-4H2,(H,14,15);1H. The van der Waals surface area contributed by atoms with Gasteiger partial charge in [-0.15, -0.1) is 12.4 Å². The molecule has 96 valence electrons. The fraction of sp³-hybridized carbons (Fsp3) is 0.875. The molecule has 0 aromatic heterocycles. The lowest BCUT2D eigenvalue weighted by Gasteiger charge is -2.17. The summed E-state index contributed by atoms with van der Waals surface area (Å²) in [6.45, 7) is 0.715. The van der Waals surface area contributed by atoms with Crippen LogP contribution in [0.4, 0.5) is 17.6 Å². The van der Waals surface area contributed by atoms with Crippen LogP contribution in [0.1, 0.15) is 12.8 Å². The molecular weight excluding hydrogens is 252 g/mol. The van der Waals surface area contributed by atoms with Gasteiger partial charge in [0.1, 0.15) is 0 Å². The van der Waals surface area contributed by atoms with E-state index in [1.807, 2.05) is 5.32 Å². The highest BCUT2D eigenvalue weighted by Gasteiger charge is 2.48. The topological polar surface area (TPSA) is 41.1 Å². The van der Waals surface area contributed by atoms with Crippen molar-refractivity contribution >= 4 is 18.3 Å². The first-order valence-electron chi connectivity index (χ1n) is 4.62. The van der Waals surface area contributed by atoms with E-state index in [0.29, 0.717) is 0 Å². The molecule has 2 N–H and O–H groups in total. The first-order valence-corrected chi connectivity index (χ1v) is 4.62. The van der Waals surface area contributed by atoms with E-state index in [2.05, 4.69) is 5.32 Å². The molecule has 0 aromatic carbocycles. The highest BCUT2D eigenvalue weighted by Crippen LogP contribution is 2.22. The summed E-state index contributed by atoms with van der Waals surface area (Å²) in [6.07, 6.45) is -2.32. The fourth-order valence-electron chi connectivity index (χ4n) is 1.36. The lowest BCUT2D eigenvalue weighted by molar-refractivity contribution is -0.169. The van der Waals surface area contributed by atoms with Gasteiger partial charge in [-0.05, 0) is 19.4 Å². The summed E-state index contributed by atoms with van der Waals surface area (Å²) in [5, 5.41) is 4.76. The van der Waals surface area contributed by atoms with Crippen LogP contribution in [-0.4, -0.2) is 37.4 Å². The Kier molecular flexibility index (Phi) is 6.02. The summed E-state index contributed by atoms with van der Waals surface area (Å²) < 4.78 is 48.3. The summed E-state index contributed by atoms with van der Waals surface area (Å²) in [6, 6.07) is -0.0950. The number of hydrogen-bond acceptors (Lipinski definition) is 2. The molecule has 0 bridgehead atoms. The first-order chi connectivity index (χ1) is 6.94. The van der Waals surface area contributed by atoms with Gasteiger partial charge in [-0.25, -0.2) is 8.78 Å². The van der Waals surface area contributed by atoms with Crippen LogP contribution in [0.2, 0.25) is 0 Å². The minimum atomic E-state index is -4.60. The molecule has 3 nitrogen and oxygen atoms in total. The molecule has 1 saturated heterocycles. The van der Waals surface area contributed by atoms with E-state index < -0.39 is 18.3 Å². The van der Waals surface area contributed by atoms with Crippen LogP contribution >= 0.6 is 12.4 Å². The van der Waals surface area contributed by atoms with Crippen LogP contribution in [0.5, 0.6) is 0 Å². The molecule has 1 unspecified atom stereocenters. The number of amides is 1. The second-order valence-electron chi connectivity index (χ2n) is 3.43. The molecule has 0 spiro atoms. The normalized spacial score (nSPS) is 20.7. The van der Waals surface area contributed by atoms with Crippen molar-refractivity contribution in [1.82, 2.24) is 10.6 Å². The van der Waals surface area contributed by atoms with Crippen molar-refractivity contribution in [2.45, 2.75) is 31.2 Å². The quantitative estimate of drug-likeness (QED) is 0.749. The number of rotatable bonds is 4. The summed E-state index contributed by atoms with van der Waals surface area (Å²) in [5.74, 6) is -6.51. The Labute approximate surface area is 96.4 Å². The molecule has 1 aliphatic heterocycles. The van der Waals surface area contributed by atoms with Crippen molar-refractivity contribution in [3.63, 3.8) is 0 Å². The molecule has 16 heavy (non-hydrogen) atoms. The van der Waals surface area contributed by atoms with E-state index in [9.17, 15) is 22.4 Å². The van der Waals surface area contributed by atoms with E-state index in [1.165, 1.54) is 0 Å². The zero-order valence-electron chi connectivity index (χ0n) is 8.31. The zero-order chi connectivity index (χ0) is 11.5. The molecule has 1 amide bonds. The summed E-state index contributed by atoms with van der Waals surface area (Å²) in [5.41, 5.74) is 0. The van der Waals surface area contributed by atoms with Gasteiger partial charge in [-0.3, -0.25) is 4.79 Å². The Morgan fingerprint density at radius 3 is 2.56 bits per heavy atom. The van der Waals surface area contributed by atoms with Gasteiger partial charge in [0.05, 0.1) is 0 Å². The maximum atomic E-state index is 12.4. The summed E-state index contributed by atoms with van der Waals surface area (Å²) in [7, 11) is 0. The lowest BCUT2D eigenvalue weighted by atomic mass is 10.2. The van der Waals surface area contributed by atoms with Crippen molar-refractivity contribution in [1.29, 1.82) is 0 Å². The van der Waals surface area contributed by atoms with Crippen molar-refractivity contribution in [2.24, 2.45) is 0 Å². The predicted octanol–water partition coefficient (Wildman–Crippen LogP) is 1.18. The largest absolute Gasteiger partial charge is 0.383 e. The molecule has 8 heteroatoms. The van der Waals surface area contributed by atoms with E-state index in [-0.39, 0.29) is 25.0 Å². The molecule has 0 aromatic rings. The molecule has 1 heterocycles. The Hall–Kier alpha value is -0.560. The van der Waals surface area contributed by atoms with Crippen molar-refractivity contribution in [3.05, 3.63) is 0 Å². The molecule has 1 fully saturated rings. The Bertz CT molecular complexity index is 234. The maximum absolute atomic E-state index is 12.4. The highest BCUT2D eigenvalue weighted by atomic mass is 35.5. The van der Waals surface area contributed by atoms with Gasteiger partial charge in [0, 0.05) is 12.6 Å². The van der Waals surface area contributed by atoms with Crippen LogP contribution in [0.15, 0.2) is 0 Å². The van der Waals surface area contributed by atoms with Gasteiger partial charge >= 0.3 is 12.3 Å². The smallest absolute Gasteiger partial charge is 0.349 e. The minimum absolute atomic E-state index is 0. The van der Waals surface area contributed by atoms with Crippen molar-refractivity contribution in [2.75, 3.05) is 13.1 Å². The van der Waals surface area contributed by atoms with E-state index >= 15 is 0 Å². The first kappa shape index (κ1) is 15.4. The van der Waals surface area contributed by atoms with Crippen LogP contribution in [0.3, 0.4) is 0 Å². The average molecular weight is 265 g/mol. The monoisotopic (exact) mass is 264 g/mol. The predicted molar refractivity (Wildman–Crippen MR) is 52.2 cm³/mol. The van der Waals surface area contributed by atoms with Gasteiger partial charge < -0.3 is 10.6 Å². The third-order valence-electron chi connectivity index (χ3n) is 2.25. The van der Waals surface area contributed by atoms with Crippen LogP contribution in [0, 0.1) is 0 Å². The highest BCUT2D eigenvalue weighted by molar-refractivity contribution is 5.85. The molecule has 1 atom stereocenters. The Balaban J connectivity index is 0.00000225. The van der Waals surface area contributed by atoms with Crippen LogP contribution < -0.4 is 10.6 Å². The Morgan fingerprint density at radius 1 is 1.50 bits per heavy atom. The molecular formula is C8H13ClF4N2O. The zero-order valence-corrected chi connectivity index (χ0v) is 9.13. The van der Waals surface area contributed by atoms with Gasteiger partial charge in [0.15, 0.2) is 0 Å². The van der Waals surface area contributed by atoms with E-state index in [4.69, 9.17) is 0 Å². The minimum Gasteiger partial charge on any atom is -0.349 e. The third kappa shape index (κ3) is 3.79. The number of nitrogens with one attached hydrogen (secondary N) is 2. The number of alkyl halides is 4. The van der Waals surface area contributed by atoms with Crippen LogP contribution in [0.25, 0.3) is 0 Å². The van der Waals surface area contributed by atoms with Gasteiger partial charge in [0.2, 0.25) is 0 Å². The number of hydrogen-bond donors (Lipinski definition) is 2. The SMILES string of the molecule is Cl.O=C(NCC1CCCN1)C(F)(F)C(F)F. The average Bonchev–Trinajstić information content (AvgIpc) is 2.66. The number of carbonyl (C=O) groups excluding carboxylic acids is 1. The van der Waals surface area contributed by atoms with Gasteiger partial charge in [0.25, 0.3) is 5.91 Å². The third-order valence-corrected chi connectivity index (χ3v) is 2.25. The van der Waals surface area contributed by atoms with Crippen molar-refractivity contribution < 1.29 is 22.4 Å². The maximum Gasteiger partial charge on any atom is 0.383 e. The molecule has 0 aliphatic carbocycles. The number of carbonyl (C=O) groups is 1.